The maximum atomic E-state index is 13.0. The van der Waals surface area contributed by atoms with Crippen molar-refractivity contribution in [3.63, 3.8) is 0 Å². The first-order chi connectivity index (χ1) is 41.4. The summed E-state index contributed by atoms with van der Waals surface area (Å²) in [4.78, 5) is 32.9. The monoisotopic (exact) mass is 1280 g/mol. The Morgan fingerprint density at radius 3 is 1.09 bits per heavy atom. The van der Waals surface area contributed by atoms with Gasteiger partial charge in [0.15, 0.2) is 12.6 Å². The minimum absolute atomic E-state index is 0.456. The molecule has 0 aromatic carbocycles. The number of aliphatic hydroxyl groups excluding tert-OH is 5. The quantitative estimate of drug-likeness (QED) is 0.0209. The van der Waals surface area contributed by atoms with Crippen molar-refractivity contribution in [1.29, 1.82) is 0 Å². The molecule has 0 bridgehead atoms. The number of amides is 1. The molecule has 0 saturated carbocycles. The number of carbonyl (C=O) groups is 1. The van der Waals surface area contributed by atoms with Crippen molar-refractivity contribution in [2.45, 2.75) is 287 Å². The highest BCUT2D eigenvalue weighted by molar-refractivity contribution is 7.61. The van der Waals surface area contributed by atoms with Crippen LogP contribution in [0.25, 0.3) is 0 Å². The van der Waals surface area contributed by atoms with Gasteiger partial charge in [0.25, 0.3) is 0 Å². The van der Waals surface area contributed by atoms with Crippen molar-refractivity contribution in [1.82, 2.24) is 5.32 Å². The van der Waals surface area contributed by atoms with E-state index in [4.69, 9.17) is 23.3 Å². The summed E-state index contributed by atoms with van der Waals surface area (Å²) in [6, 6.07) is -1.72. The molecule has 2 heterocycles. The minimum atomic E-state index is -5.57. The zero-order valence-electron chi connectivity index (χ0n) is 55.9. The lowest BCUT2D eigenvalue weighted by Gasteiger charge is -2.46. The Kier molecular flexibility index (Phi) is 39.8. The van der Waals surface area contributed by atoms with Crippen molar-refractivity contribution in [3.05, 3.63) is 128 Å². The number of aliphatic hydroxyl groups is 5. The van der Waals surface area contributed by atoms with E-state index in [1.54, 1.807) is 0 Å². The van der Waals surface area contributed by atoms with Crippen LogP contribution in [0.1, 0.15) is 225 Å². The van der Waals surface area contributed by atoms with Gasteiger partial charge in [0, 0.05) is 6.92 Å². The normalized spacial score (nSPS) is 25.8. The Morgan fingerprint density at radius 1 is 0.443 bits per heavy atom. The number of ether oxygens (including phenoxy) is 3. The largest absolute Gasteiger partial charge is 0.483 e. The lowest BCUT2D eigenvalue weighted by atomic mass is 9.95. The van der Waals surface area contributed by atoms with E-state index in [2.05, 4.69) is 147 Å². The third kappa shape index (κ3) is 35.4. The van der Waals surface area contributed by atoms with Crippen LogP contribution in [-0.4, -0.2) is 116 Å². The second-order valence-electron chi connectivity index (χ2n) is 24.8. The molecule has 3 unspecified atom stereocenters. The molecule has 0 aromatic heterocycles. The molecule has 2 aliphatic rings. The van der Waals surface area contributed by atoms with Crippen LogP contribution in [0.2, 0.25) is 0 Å². The fourth-order valence-corrected chi connectivity index (χ4v) is 12.2. The van der Waals surface area contributed by atoms with Gasteiger partial charge in [-0.1, -0.05) is 128 Å². The highest BCUT2D eigenvalue weighted by Gasteiger charge is 2.53. The number of phosphoric ester groups is 2. The molecule has 0 aromatic rings. The van der Waals surface area contributed by atoms with Crippen molar-refractivity contribution in [3.8, 4) is 0 Å². The minimum Gasteiger partial charge on any atom is -0.394 e. The molecular weight excluding hydrogens is 1160 g/mol. The SMILES string of the molecule is CC(=O)N[C@H]1C(OP(=O)(O)OP(=O)(O)OC/C=C(/C)CC/C=C(/C)CC/C=C(/C)CC/C=C(/C)CC/C=C(/C)CC/C=C(/C)CC/C=C(/C)CC/C=C(/C)CC/C=C(\C)CC/C=C(\C)CCC=C(C)C)O[C@H](CO)[C@@H](O[C@H]2O[C@H](C)[C@@H](O)[C@H](O)[C@@H]2O)[C@@H]1O. The molecule has 17 nitrogen and oxygen atoms in total. The number of carbonyl (C=O) groups excluding carboxylic acids is 1. The molecule has 12 atom stereocenters. The molecule has 8 N–H and O–H groups in total. The molecule has 19 heteroatoms. The van der Waals surface area contributed by atoms with Gasteiger partial charge in [-0.3, -0.25) is 13.8 Å². The Labute approximate surface area is 529 Å². The molecule has 2 rings (SSSR count). The van der Waals surface area contributed by atoms with Gasteiger partial charge in [-0.2, -0.15) is 4.31 Å². The number of hydrogen-bond donors (Lipinski definition) is 8. The molecule has 0 radical (unpaired) electrons. The van der Waals surface area contributed by atoms with E-state index in [9.17, 15) is 49.2 Å². The second kappa shape index (κ2) is 43.4. The molecule has 1 amide bonds. The van der Waals surface area contributed by atoms with Gasteiger partial charge >= 0.3 is 15.6 Å². The van der Waals surface area contributed by atoms with Crippen LogP contribution < -0.4 is 5.32 Å². The lowest BCUT2D eigenvalue weighted by molar-refractivity contribution is -0.339. The van der Waals surface area contributed by atoms with E-state index in [-0.39, 0.29) is 0 Å². The third-order valence-electron chi connectivity index (χ3n) is 15.8. The van der Waals surface area contributed by atoms with Gasteiger partial charge in [-0.05, 0) is 218 Å². The topological polar surface area (TPSA) is 260 Å². The molecule has 2 fully saturated rings. The van der Waals surface area contributed by atoms with Crippen LogP contribution in [0.15, 0.2) is 128 Å². The second-order valence-corrected chi connectivity index (χ2v) is 27.8. The van der Waals surface area contributed by atoms with Gasteiger partial charge < -0.3 is 54.8 Å². The van der Waals surface area contributed by atoms with Crippen LogP contribution in [0, 0.1) is 0 Å². The molecule has 88 heavy (non-hydrogen) atoms. The van der Waals surface area contributed by atoms with E-state index < -0.39 is 96.1 Å². The summed E-state index contributed by atoms with van der Waals surface area (Å²) in [6.07, 6.45) is 31.3. The first-order valence-electron chi connectivity index (χ1n) is 31.9. The smallest absolute Gasteiger partial charge is 0.394 e. The highest BCUT2D eigenvalue weighted by Crippen LogP contribution is 2.61. The summed E-state index contributed by atoms with van der Waals surface area (Å²) in [7, 11) is -10.8. The molecule has 2 aliphatic heterocycles. The van der Waals surface area contributed by atoms with Crippen LogP contribution in [-0.2, 0) is 41.5 Å². The first-order valence-corrected chi connectivity index (χ1v) is 34.9. The first kappa shape index (κ1) is 80.6. The predicted octanol–water partition coefficient (Wildman–Crippen LogP) is 15.3. The van der Waals surface area contributed by atoms with Crippen LogP contribution in [0.5, 0.6) is 0 Å². The zero-order chi connectivity index (χ0) is 66.0. The summed E-state index contributed by atoms with van der Waals surface area (Å²) in [6.45, 7) is 27.3. The average molecular weight is 1280 g/mol. The predicted molar refractivity (Wildman–Crippen MR) is 354 cm³/mol. The fourth-order valence-electron chi connectivity index (χ4n) is 10.1. The van der Waals surface area contributed by atoms with Gasteiger partial charge in [0.2, 0.25) is 5.91 Å². The van der Waals surface area contributed by atoms with Crippen molar-refractivity contribution < 1.29 is 76.8 Å². The van der Waals surface area contributed by atoms with Gasteiger partial charge in [-0.25, -0.2) is 9.13 Å². The van der Waals surface area contributed by atoms with Crippen molar-refractivity contribution >= 4 is 21.6 Å². The number of allylic oxidation sites excluding steroid dienone is 21. The van der Waals surface area contributed by atoms with Gasteiger partial charge in [-0.15, -0.1) is 0 Å². The summed E-state index contributed by atoms with van der Waals surface area (Å²) in [5.41, 5.74) is 15.2. The summed E-state index contributed by atoms with van der Waals surface area (Å²) in [5.74, 6) is -0.779. The van der Waals surface area contributed by atoms with Gasteiger partial charge in [0.05, 0.1) is 19.3 Å². The maximum absolute atomic E-state index is 13.0. The maximum Gasteiger partial charge on any atom is 0.483 e. The molecule has 0 spiro atoms. The number of hydrogen-bond acceptors (Lipinski definition) is 14. The summed E-state index contributed by atoms with van der Waals surface area (Å²) >= 11 is 0. The van der Waals surface area contributed by atoms with E-state index >= 15 is 0 Å². The van der Waals surface area contributed by atoms with E-state index in [1.807, 2.05) is 6.92 Å². The Bertz CT molecular complexity index is 2570. The molecule has 502 valence electrons. The van der Waals surface area contributed by atoms with Crippen LogP contribution in [0.4, 0.5) is 0 Å². The Balaban J connectivity index is 1.67. The number of nitrogens with one attached hydrogen (secondary N) is 1. The van der Waals surface area contributed by atoms with Crippen molar-refractivity contribution in [2.75, 3.05) is 13.2 Å². The van der Waals surface area contributed by atoms with E-state index in [1.165, 1.54) is 68.7 Å². The van der Waals surface area contributed by atoms with Crippen molar-refractivity contribution in [2.24, 2.45) is 0 Å². The average Bonchev–Trinajstić information content (AvgIpc) is 1.17. The third-order valence-corrected chi connectivity index (χ3v) is 18.4. The Morgan fingerprint density at radius 2 is 0.773 bits per heavy atom. The van der Waals surface area contributed by atoms with Gasteiger partial charge in [0.1, 0.15) is 42.7 Å². The standard InChI is InChI=1S/C69H115NO16P2/c1-48(2)25-15-26-49(3)27-16-28-50(4)29-17-30-51(5)31-18-32-52(6)33-19-34-53(7)35-20-36-54(8)37-21-38-55(9)39-22-40-56(10)41-23-42-57(11)43-24-44-58(12)45-46-81-87(77,78)86-88(79,80)85-68-62(70-60(14)72)64(74)67(61(47-71)83-68)84-69-66(76)65(75)63(73)59(13)82-69/h25,27,29,31,33,35,37,39,41,43,45,59,61-69,71,73-76H,15-24,26,28,30,32,34,36,38,40,42,44,46-47H2,1-14H3,(H,70,72)(H,77,78)(H,79,80)/b49-27+,50-29+,51-31-,52-33-,53-35-,54-37-,55-39-,56-41-,57-43-,58-45-/t59-,61-,62-,63-,64-,65+,66+,67-,68?,69-/m1/s1. The summed E-state index contributed by atoms with van der Waals surface area (Å²) in [5, 5.41) is 54.2. The van der Waals surface area contributed by atoms with Crippen LogP contribution >= 0.6 is 15.6 Å². The lowest BCUT2D eigenvalue weighted by Crippen LogP contribution is -2.67. The molecular formula is C69H115NO16P2. The van der Waals surface area contributed by atoms with E-state index in [0.29, 0.717) is 12.8 Å². The summed E-state index contributed by atoms with van der Waals surface area (Å²) < 4.78 is 56.8. The zero-order valence-corrected chi connectivity index (χ0v) is 57.7. The Hall–Kier alpha value is -3.45. The number of phosphoric acid groups is 2. The fraction of sp³-hybridized carbons (Fsp3) is 0.667. The van der Waals surface area contributed by atoms with E-state index in [0.717, 1.165) is 128 Å². The van der Waals surface area contributed by atoms with Crippen LogP contribution in [0.3, 0.4) is 0 Å². The highest BCUT2D eigenvalue weighted by atomic mass is 31.3. The number of rotatable bonds is 41. The molecule has 0 aliphatic carbocycles. The molecule has 2 saturated heterocycles.